The van der Waals surface area contributed by atoms with Crippen LogP contribution < -0.4 is 0 Å². The normalized spacial score (nSPS) is 16.9. The lowest BCUT2D eigenvalue weighted by atomic mass is 10.2. The molecule has 0 heterocycles. The van der Waals surface area contributed by atoms with Gasteiger partial charge in [0.15, 0.2) is 0 Å². The highest BCUT2D eigenvalue weighted by Crippen LogP contribution is 2.27. The Labute approximate surface area is 79.7 Å². The Morgan fingerprint density at radius 3 is 2.54 bits per heavy atom. The van der Waals surface area contributed by atoms with Crippen molar-refractivity contribution >= 4 is 5.97 Å². The maximum Gasteiger partial charge on any atom is 0.304 e. The minimum Gasteiger partial charge on any atom is -0.481 e. The summed E-state index contributed by atoms with van der Waals surface area (Å²) in [4.78, 5) is 12.7. The molecule has 0 aromatic rings. The van der Waals surface area contributed by atoms with Gasteiger partial charge >= 0.3 is 5.97 Å². The molecule has 1 aliphatic rings. The first-order chi connectivity index (χ1) is 6.09. The number of hydrogen-bond donors (Lipinski definition) is 1. The molecule has 0 atom stereocenters. The Bertz CT molecular complexity index is 176. The first-order valence-corrected chi connectivity index (χ1v) is 5.05. The van der Waals surface area contributed by atoms with Crippen molar-refractivity contribution in [2.75, 3.05) is 13.1 Å². The smallest absolute Gasteiger partial charge is 0.304 e. The molecular weight excluding hydrogens is 166 g/mol. The van der Waals surface area contributed by atoms with Crippen molar-refractivity contribution < 1.29 is 9.90 Å². The van der Waals surface area contributed by atoms with Gasteiger partial charge in [-0.2, -0.15) is 0 Å². The minimum atomic E-state index is -0.686. The third-order valence-electron chi connectivity index (χ3n) is 2.28. The summed E-state index contributed by atoms with van der Waals surface area (Å²) < 4.78 is 0. The molecular formula is C10H19NO2. The van der Waals surface area contributed by atoms with Gasteiger partial charge in [-0.25, -0.2) is 0 Å². The third kappa shape index (κ3) is 4.27. The van der Waals surface area contributed by atoms with E-state index in [0.717, 1.165) is 13.1 Å². The maximum atomic E-state index is 10.4. The summed E-state index contributed by atoms with van der Waals surface area (Å²) in [5, 5.41) is 8.57. The third-order valence-corrected chi connectivity index (χ3v) is 2.28. The lowest BCUT2D eigenvalue weighted by Crippen LogP contribution is -2.32. The molecule has 0 amide bonds. The van der Waals surface area contributed by atoms with E-state index in [2.05, 4.69) is 18.7 Å². The Hall–Kier alpha value is -0.570. The van der Waals surface area contributed by atoms with Crippen LogP contribution in [-0.4, -0.2) is 35.1 Å². The molecule has 0 spiro atoms. The molecule has 0 aromatic heterocycles. The number of hydrogen-bond acceptors (Lipinski definition) is 2. The van der Waals surface area contributed by atoms with E-state index in [4.69, 9.17) is 5.11 Å². The molecule has 3 nitrogen and oxygen atoms in total. The maximum absolute atomic E-state index is 10.4. The second-order valence-corrected chi connectivity index (χ2v) is 4.26. The Morgan fingerprint density at radius 2 is 2.15 bits per heavy atom. The second-order valence-electron chi connectivity index (χ2n) is 4.26. The lowest BCUT2D eigenvalue weighted by molar-refractivity contribution is -0.137. The Kier molecular flexibility index (Phi) is 3.72. The van der Waals surface area contributed by atoms with Crippen LogP contribution in [0.4, 0.5) is 0 Å². The quantitative estimate of drug-likeness (QED) is 0.683. The highest BCUT2D eigenvalue weighted by Gasteiger charge is 2.29. The molecule has 0 aliphatic heterocycles. The molecule has 0 aromatic carbocycles. The molecule has 1 aliphatic carbocycles. The van der Waals surface area contributed by atoms with Crippen molar-refractivity contribution in [1.29, 1.82) is 0 Å². The molecule has 0 unspecified atom stereocenters. The number of nitrogens with zero attached hydrogens (tertiary/aromatic N) is 1. The molecule has 13 heavy (non-hydrogen) atoms. The summed E-state index contributed by atoms with van der Waals surface area (Å²) >= 11 is 0. The van der Waals surface area contributed by atoms with Crippen LogP contribution in [-0.2, 0) is 4.79 Å². The second kappa shape index (κ2) is 4.61. The number of carbonyl (C=O) groups is 1. The first-order valence-electron chi connectivity index (χ1n) is 5.05. The average molecular weight is 185 g/mol. The molecule has 3 heteroatoms. The van der Waals surface area contributed by atoms with Crippen molar-refractivity contribution in [3.05, 3.63) is 0 Å². The lowest BCUT2D eigenvalue weighted by Gasteiger charge is -2.22. The van der Waals surface area contributed by atoms with Crippen molar-refractivity contribution in [2.24, 2.45) is 5.92 Å². The molecule has 0 bridgehead atoms. The fraction of sp³-hybridized carbons (Fsp3) is 0.900. The molecule has 76 valence electrons. The van der Waals surface area contributed by atoms with Crippen LogP contribution in [0.15, 0.2) is 0 Å². The summed E-state index contributed by atoms with van der Waals surface area (Å²) in [6.07, 6.45) is 2.79. The molecule has 1 fully saturated rings. The molecule has 1 rings (SSSR count). The van der Waals surface area contributed by atoms with Crippen molar-refractivity contribution in [3.63, 3.8) is 0 Å². The van der Waals surface area contributed by atoms with Gasteiger partial charge in [0.05, 0.1) is 6.42 Å². The van der Waals surface area contributed by atoms with Gasteiger partial charge in [0.2, 0.25) is 0 Å². The van der Waals surface area contributed by atoms with E-state index in [0.29, 0.717) is 12.0 Å². The monoisotopic (exact) mass is 185 g/mol. The zero-order valence-corrected chi connectivity index (χ0v) is 8.49. The van der Waals surface area contributed by atoms with E-state index in [1.807, 2.05) is 0 Å². The van der Waals surface area contributed by atoms with E-state index in [1.165, 1.54) is 12.8 Å². The van der Waals surface area contributed by atoms with Crippen LogP contribution in [0.5, 0.6) is 0 Å². The zero-order valence-electron chi connectivity index (χ0n) is 8.49. The molecule has 1 N–H and O–H groups in total. The van der Waals surface area contributed by atoms with Crippen molar-refractivity contribution in [2.45, 2.75) is 39.2 Å². The van der Waals surface area contributed by atoms with Crippen molar-refractivity contribution in [3.8, 4) is 0 Å². The topological polar surface area (TPSA) is 40.5 Å². The van der Waals surface area contributed by atoms with Crippen LogP contribution in [0.1, 0.15) is 33.1 Å². The largest absolute Gasteiger partial charge is 0.481 e. The predicted molar refractivity (Wildman–Crippen MR) is 51.7 cm³/mol. The summed E-state index contributed by atoms with van der Waals surface area (Å²) in [5.74, 6) is -0.0520. The molecule has 0 saturated heterocycles. The molecule has 1 saturated carbocycles. The SMILES string of the molecule is CC(C)CN(CCC(=O)O)C1CC1. The van der Waals surface area contributed by atoms with Gasteiger partial charge in [0.1, 0.15) is 0 Å². The van der Waals surface area contributed by atoms with Crippen LogP contribution in [0.25, 0.3) is 0 Å². The van der Waals surface area contributed by atoms with Crippen LogP contribution in [0.2, 0.25) is 0 Å². The van der Waals surface area contributed by atoms with Crippen molar-refractivity contribution in [1.82, 2.24) is 4.90 Å². The summed E-state index contributed by atoms with van der Waals surface area (Å²) in [6.45, 7) is 6.11. The number of carboxylic acid groups (broad SMARTS) is 1. The van der Waals surface area contributed by atoms with Crippen LogP contribution in [0, 0.1) is 5.92 Å². The minimum absolute atomic E-state index is 0.281. The summed E-state index contributed by atoms with van der Waals surface area (Å²) in [6, 6.07) is 0.682. The predicted octanol–water partition coefficient (Wildman–Crippen LogP) is 1.58. The van der Waals surface area contributed by atoms with Gasteiger partial charge in [-0.3, -0.25) is 9.69 Å². The number of rotatable bonds is 6. The number of aliphatic carboxylic acids is 1. The number of carboxylic acids is 1. The van der Waals surface area contributed by atoms with Gasteiger partial charge in [0, 0.05) is 19.1 Å². The Balaban J connectivity index is 2.25. The summed E-state index contributed by atoms with van der Waals surface area (Å²) in [7, 11) is 0. The van der Waals surface area contributed by atoms with Gasteiger partial charge in [0.25, 0.3) is 0 Å². The fourth-order valence-corrected chi connectivity index (χ4v) is 1.57. The van der Waals surface area contributed by atoms with Gasteiger partial charge < -0.3 is 5.11 Å². The van der Waals surface area contributed by atoms with E-state index in [-0.39, 0.29) is 6.42 Å². The van der Waals surface area contributed by atoms with Gasteiger partial charge in [-0.15, -0.1) is 0 Å². The van der Waals surface area contributed by atoms with Crippen LogP contribution in [0.3, 0.4) is 0 Å². The molecule has 0 radical (unpaired) electrons. The van der Waals surface area contributed by atoms with E-state index in [9.17, 15) is 4.79 Å². The highest BCUT2D eigenvalue weighted by atomic mass is 16.4. The van der Waals surface area contributed by atoms with E-state index < -0.39 is 5.97 Å². The van der Waals surface area contributed by atoms with E-state index in [1.54, 1.807) is 0 Å². The Morgan fingerprint density at radius 1 is 1.54 bits per heavy atom. The fourth-order valence-electron chi connectivity index (χ4n) is 1.57. The zero-order chi connectivity index (χ0) is 9.84. The average Bonchev–Trinajstić information content (AvgIpc) is 2.78. The highest BCUT2D eigenvalue weighted by molar-refractivity contribution is 5.66. The standard InChI is InChI=1S/C10H19NO2/c1-8(2)7-11(9-3-4-9)6-5-10(12)13/h8-9H,3-7H2,1-2H3,(H,12,13). The summed E-state index contributed by atoms with van der Waals surface area (Å²) in [5.41, 5.74) is 0. The van der Waals surface area contributed by atoms with Gasteiger partial charge in [-0.05, 0) is 18.8 Å². The first kappa shape index (κ1) is 10.5. The van der Waals surface area contributed by atoms with Gasteiger partial charge in [-0.1, -0.05) is 13.8 Å². The van der Waals surface area contributed by atoms with Crippen LogP contribution >= 0.6 is 0 Å². The van der Waals surface area contributed by atoms with E-state index >= 15 is 0 Å².